The van der Waals surface area contributed by atoms with Crippen LogP contribution in [0.3, 0.4) is 0 Å². The first-order valence-electron chi connectivity index (χ1n) is 7.78. The van der Waals surface area contributed by atoms with Gasteiger partial charge in [-0.3, -0.25) is 14.0 Å². The molecule has 2 aromatic heterocycles. The van der Waals surface area contributed by atoms with Crippen molar-refractivity contribution in [2.24, 2.45) is 0 Å². The number of thiazole rings is 1. The molecule has 1 amide bonds. The van der Waals surface area contributed by atoms with Gasteiger partial charge in [0.25, 0.3) is 11.5 Å². The summed E-state index contributed by atoms with van der Waals surface area (Å²) in [7, 11) is 0. The molecule has 7 heteroatoms. The van der Waals surface area contributed by atoms with Crippen LogP contribution in [0.1, 0.15) is 10.4 Å². The first-order valence-corrected chi connectivity index (χ1v) is 8.66. The maximum absolute atomic E-state index is 12.7. The van der Waals surface area contributed by atoms with E-state index in [2.05, 4.69) is 22.0 Å². The van der Waals surface area contributed by atoms with Crippen LogP contribution in [0.25, 0.3) is 4.96 Å². The number of hydrogen-bond acceptors (Lipinski definition) is 5. The molecule has 0 unspecified atom stereocenters. The number of para-hydroxylation sites is 1. The maximum Gasteiger partial charge on any atom is 0.271 e. The number of rotatable bonds is 2. The molecule has 1 saturated heterocycles. The number of nitrogens with zero attached hydrogens (tertiary/aromatic N) is 4. The van der Waals surface area contributed by atoms with E-state index >= 15 is 0 Å². The van der Waals surface area contributed by atoms with Crippen LogP contribution in [-0.4, -0.2) is 46.4 Å². The van der Waals surface area contributed by atoms with E-state index in [1.54, 1.807) is 16.5 Å². The molecular formula is C17H16N4O2S. The molecule has 6 nitrogen and oxygen atoms in total. The van der Waals surface area contributed by atoms with Crippen molar-refractivity contribution in [1.29, 1.82) is 0 Å². The zero-order valence-corrected chi connectivity index (χ0v) is 13.8. The number of hydrogen-bond donors (Lipinski definition) is 0. The van der Waals surface area contributed by atoms with Crippen LogP contribution in [0.2, 0.25) is 0 Å². The molecule has 24 heavy (non-hydrogen) atoms. The minimum absolute atomic E-state index is 0.138. The Morgan fingerprint density at radius 2 is 1.83 bits per heavy atom. The number of carbonyl (C=O) groups excluding carboxylic acids is 1. The summed E-state index contributed by atoms with van der Waals surface area (Å²) >= 11 is 1.38. The molecule has 0 radical (unpaired) electrons. The second-order valence-electron chi connectivity index (χ2n) is 5.65. The highest BCUT2D eigenvalue weighted by atomic mass is 32.1. The largest absolute Gasteiger partial charge is 0.368 e. The van der Waals surface area contributed by atoms with Crippen LogP contribution in [0.5, 0.6) is 0 Å². The Kier molecular flexibility index (Phi) is 3.78. The second kappa shape index (κ2) is 6.09. The summed E-state index contributed by atoms with van der Waals surface area (Å²) in [5, 5.41) is 1.79. The highest BCUT2D eigenvalue weighted by Crippen LogP contribution is 2.16. The first kappa shape index (κ1) is 14.9. The number of amides is 1. The third kappa shape index (κ3) is 2.56. The number of piperazine rings is 1. The third-order valence-corrected chi connectivity index (χ3v) is 5.03. The summed E-state index contributed by atoms with van der Waals surface area (Å²) in [5.41, 5.74) is 1.00. The molecule has 1 fully saturated rings. The van der Waals surface area contributed by atoms with Crippen molar-refractivity contribution in [2.75, 3.05) is 31.1 Å². The number of carbonyl (C=O) groups is 1. The van der Waals surface area contributed by atoms with Gasteiger partial charge in [0.15, 0.2) is 4.96 Å². The third-order valence-electron chi connectivity index (χ3n) is 4.26. The Balaban J connectivity index is 1.51. The van der Waals surface area contributed by atoms with Crippen molar-refractivity contribution < 1.29 is 4.79 Å². The minimum atomic E-state index is -0.295. The normalized spacial score (nSPS) is 15.0. The summed E-state index contributed by atoms with van der Waals surface area (Å²) in [5.74, 6) is -0.235. The van der Waals surface area contributed by atoms with Gasteiger partial charge in [0, 0.05) is 49.6 Å². The Hall–Kier alpha value is -2.67. The highest BCUT2D eigenvalue weighted by Gasteiger charge is 2.24. The number of anilines is 1. The Labute approximate surface area is 142 Å². The van der Waals surface area contributed by atoms with Gasteiger partial charge in [0.2, 0.25) is 0 Å². The quantitative estimate of drug-likeness (QED) is 0.713. The predicted octanol–water partition coefficient (Wildman–Crippen LogP) is 1.72. The Bertz CT molecular complexity index is 926. The van der Waals surface area contributed by atoms with Crippen LogP contribution < -0.4 is 10.5 Å². The summed E-state index contributed by atoms with van der Waals surface area (Å²) < 4.78 is 1.43. The van der Waals surface area contributed by atoms with Gasteiger partial charge < -0.3 is 9.80 Å². The van der Waals surface area contributed by atoms with E-state index in [1.165, 1.54) is 21.9 Å². The van der Waals surface area contributed by atoms with Crippen LogP contribution in [-0.2, 0) is 0 Å². The van der Waals surface area contributed by atoms with E-state index in [1.807, 2.05) is 18.2 Å². The van der Waals surface area contributed by atoms with E-state index in [9.17, 15) is 9.59 Å². The molecule has 122 valence electrons. The van der Waals surface area contributed by atoms with Crippen molar-refractivity contribution in [2.45, 2.75) is 0 Å². The van der Waals surface area contributed by atoms with Gasteiger partial charge in [0.1, 0.15) is 5.56 Å². The average molecular weight is 340 g/mol. The van der Waals surface area contributed by atoms with Crippen molar-refractivity contribution in [3.8, 4) is 0 Å². The van der Waals surface area contributed by atoms with E-state index in [0.717, 1.165) is 18.8 Å². The van der Waals surface area contributed by atoms with Gasteiger partial charge in [-0.1, -0.05) is 18.2 Å². The maximum atomic E-state index is 12.7. The van der Waals surface area contributed by atoms with Gasteiger partial charge in [-0.25, -0.2) is 4.98 Å². The number of benzene rings is 1. The predicted molar refractivity (Wildman–Crippen MR) is 93.9 cm³/mol. The second-order valence-corrected chi connectivity index (χ2v) is 6.52. The van der Waals surface area contributed by atoms with E-state index in [-0.39, 0.29) is 17.0 Å². The van der Waals surface area contributed by atoms with Gasteiger partial charge in [-0.15, -0.1) is 11.3 Å². The summed E-state index contributed by atoms with van der Waals surface area (Å²) in [6, 6.07) is 10.1. The summed E-state index contributed by atoms with van der Waals surface area (Å²) in [4.78, 5) is 33.9. The lowest BCUT2D eigenvalue weighted by Crippen LogP contribution is -2.49. The van der Waals surface area contributed by atoms with Crippen molar-refractivity contribution in [1.82, 2.24) is 14.3 Å². The molecule has 0 aliphatic carbocycles. The molecular weight excluding hydrogens is 324 g/mol. The smallest absolute Gasteiger partial charge is 0.271 e. The molecule has 0 spiro atoms. The molecule has 1 aromatic carbocycles. The Morgan fingerprint density at radius 3 is 2.58 bits per heavy atom. The number of fused-ring (bicyclic) bond motifs is 1. The van der Waals surface area contributed by atoms with Crippen LogP contribution >= 0.6 is 11.3 Å². The molecule has 3 aromatic rings. The topological polar surface area (TPSA) is 57.9 Å². The van der Waals surface area contributed by atoms with Crippen LogP contribution in [0.15, 0.2) is 52.9 Å². The fourth-order valence-electron chi connectivity index (χ4n) is 2.95. The summed E-state index contributed by atoms with van der Waals surface area (Å²) in [6.07, 6.45) is 3.06. The van der Waals surface area contributed by atoms with E-state index in [4.69, 9.17) is 0 Å². The molecule has 1 aliphatic rings. The molecule has 0 atom stereocenters. The molecule has 0 saturated carbocycles. The fourth-order valence-corrected chi connectivity index (χ4v) is 3.62. The van der Waals surface area contributed by atoms with Gasteiger partial charge in [-0.05, 0) is 12.1 Å². The van der Waals surface area contributed by atoms with E-state index in [0.29, 0.717) is 18.1 Å². The molecule has 0 N–H and O–H groups in total. The zero-order valence-electron chi connectivity index (χ0n) is 13.0. The molecule has 0 bridgehead atoms. The molecule has 1 aliphatic heterocycles. The standard InChI is InChI=1S/C17H16N4O2S/c22-15(14-12-18-17-21(16(14)23)10-11-24-17)20-8-6-19(7-9-20)13-4-2-1-3-5-13/h1-5,10-12H,6-9H2. The average Bonchev–Trinajstić information content (AvgIpc) is 3.12. The molecule has 3 heterocycles. The minimum Gasteiger partial charge on any atom is -0.368 e. The Morgan fingerprint density at radius 1 is 1.08 bits per heavy atom. The lowest BCUT2D eigenvalue weighted by atomic mass is 10.2. The monoisotopic (exact) mass is 340 g/mol. The first-order chi connectivity index (χ1) is 11.7. The zero-order chi connectivity index (χ0) is 16.5. The van der Waals surface area contributed by atoms with Crippen molar-refractivity contribution in [3.05, 3.63) is 64.0 Å². The van der Waals surface area contributed by atoms with Crippen LogP contribution in [0, 0.1) is 0 Å². The highest BCUT2D eigenvalue weighted by molar-refractivity contribution is 7.15. The lowest BCUT2D eigenvalue weighted by Gasteiger charge is -2.36. The fraction of sp³-hybridized carbons (Fsp3) is 0.235. The van der Waals surface area contributed by atoms with Crippen LogP contribution in [0.4, 0.5) is 5.69 Å². The summed E-state index contributed by atoms with van der Waals surface area (Å²) in [6.45, 7) is 2.70. The molecule has 4 rings (SSSR count). The van der Waals surface area contributed by atoms with Gasteiger partial charge >= 0.3 is 0 Å². The number of aromatic nitrogens is 2. The SMILES string of the molecule is O=C(c1cnc2sccn2c1=O)N1CCN(c2ccccc2)CC1. The van der Waals surface area contributed by atoms with Gasteiger partial charge in [-0.2, -0.15) is 0 Å². The van der Waals surface area contributed by atoms with Crippen molar-refractivity contribution in [3.63, 3.8) is 0 Å². The van der Waals surface area contributed by atoms with Gasteiger partial charge in [0.05, 0.1) is 0 Å². The lowest BCUT2D eigenvalue weighted by molar-refractivity contribution is 0.0744. The van der Waals surface area contributed by atoms with Crippen molar-refractivity contribution >= 4 is 27.9 Å². The van der Waals surface area contributed by atoms with E-state index < -0.39 is 0 Å².